The van der Waals surface area contributed by atoms with E-state index in [9.17, 15) is 9.59 Å². The molecular weight excluding hydrogens is 304 g/mol. The topological polar surface area (TPSA) is 64.7 Å². The summed E-state index contributed by atoms with van der Waals surface area (Å²) in [7, 11) is 1.99. The molecule has 0 unspecified atom stereocenters. The Morgan fingerprint density at radius 3 is 2.04 bits per heavy atom. The van der Waals surface area contributed by atoms with Gasteiger partial charge in [0.15, 0.2) is 0 Å². The largest absolute Gasteiger partial charge is 0.356 e. The highest BCUT2D eigenvalue weighted by atomic mass is 16.2. The number of nitrogens with zero attached hydrogens (tertiary/aromatic N) is 2. The van der Waals surface area contributed by atoms with Gasteiger partial charge >= 0.3 is 0 Å². The molecule has 1 spiro atoms. The number of amides is 2. The van der Waals surface area contributed by atoms with Crippen LogP contribution in [0.5, 0.6) is 0 Å². The van der Waals surface area contributed by atoms with Gasteiger partial charge in [-0.1, -0.05) is 13.8 Å². The zero-order valence-electron chi connectivity index (χ0n) is 16.0. The number of hydrogen-bond acceptors (Lipinski definition) is 4. The Hall–Kier alpha value is -1.14. The van der Waals surface area contributed by atoms with Crippen molar-refractivity contribution in [3.05, 3.63) is 0 Å². The molecule has 2 aliphatic rings. The summed E-state index contributed by atoms with van der Waals surface area (Å²) < 4.78 is 0. The summed E-state index contributed by atoms with van der Waals surface area (Å²) in [5, 5.41) is 5.02. The lowest BCUT2D eigenvalue weighted by Gasteiger charge is -2.46. The van der Waals surface area contributed by atoms with Crippen LogP contribution in [0.1, 0.15) is 59.3 Å². The van der Waals surface area contributed by atoms with Crippen LogP contribution in [0.3, 0.4) is 0 Å². The van der Waals surface area contributed by atoms with E-state index in [0.29, 0.717) is 18.4 Å². The first kappa shape index (κ1) is 20.9. The van der Waals surface area contributed by atoms with Crippen molar-refractivity contribution in [2.75, 3.05) is 39.8 Å². The van der Waals surface area contributed by atoms with Crippen LogP contribution in [0.15, 0.2) is 0 Å². The third kappa shape index (κ3) is 6.40. The Labute approximate surface area is 147 Å². The molecule has 2 N–H and O–H groups in total. The first-order valence-electron chi connectivity index (χ1n) is 9.49. The smallest absolute Gasteiger partial charge is 0.222 e. The molecule has 2 aliphatic heterocycles. The molecule has 0 atom stereocenters. The molecule has 0 bridgehead atoms. The molecule has 0 radical (unpaired) electrons. The Balaban J connectivity index is 0.00000139. The summed E-state index contributed by atoms with van der Waals surface area (Å²) in [5.41, 5.74) is 3.69. The first-order valence-corrected chi connectivity index (χ1v) is 9.49. The van der Waals surface area contributed by atoms with Crippen LogP contribution in [0.4, 0.5) is 0 Å². The lowest BCUT2D eigenvalue weighted by molar-refractivity contribution is -0.134. The van der Waals surface area contributed by atoms with Gasteiger partial charge in [-0.25, -0.2) is 5.01 Å². The number of piperidine rings is 2. The van der Waals surface area contributed by atoms with Gasteiger partial charge in [-0.05, 0) is 44.6 Å². The van der Waals surface area contributed by atoms with Crippen LogP contribution < -0.4 is 10.7 Å². The molecule has 0 aromatic rings. The Kier molecular flexibility index (Phi) is 9.29. The van der Waals surface area contributed by atoms with Gasteiger partial charge in [0.25, 0.3) is 0 Å². The molecule has 0 aromatic heterocycles. The van der Waals surface area contributed by atoms with Gasteiger partial charge in [0.2, 0.25) is 11.8 Å². The minimum absolute atomic E-state index is 0.0275. The fraction of sp³-hybridized carbons (Fsp3) is 0.889. The summed E-state index contributed by atoms with van der Waals surface area (Å²) in [4.78, 5) is 25.0. The predicted octanol–water partition coefficient (Wildman–Crippen LogP) is 1.77. The molecular formula is C18H36N4O2. The second-order valence-corrected chi connectivity index (χ2v) is 6.68. The fourth-order valence-corrected chi connectivity index (χ4v) is 3.60. The van der Waals surface area contributed by atoms with Crippen LogP contribution in [0, 0.1) is 5.41 Å². The van der Waals surface area contributed by atoms with E-state index >= 15 is 0 Å². The zero-order valence-corrected chi connectivity index (χ0v) is 16.0. The minimum atomic E-state index is -0.0275. The Morgan fingerprint density at radius 1 is 1.00 bits per heavy atom. The molecule has 6 nitrogen and oxygen atoms in total. The molecule has 0 aromatic carbocycles. The van der Waals surface area contributed by atoms with E-state index in [0.717, 1.165) is 45.4 Å². The van der Waals surface area contributed by atoms with Gasteiger partial charge in [0.1, 0.15) is 0 Å². The van der Waals surface area contributed by atoms with Gasteiger partial charge in [0, 0.05) is 46.1 Å². The summed E-state index contributed by atoms with van der Waals surface area (Å²) in [6, 6.07) is 0. The maximum Gasteiger partial charge on any atom is 0.222 e. The summed E-state index contributed by atoms with van der Waals surface area (Å²) in [5.74, 6) is 0.216. The van der Waals surface area contributed by atoms with Crippen LogP contribution in [-0.4, -0.2) is 61.5 Å². The highest BCUT2D eigenvalue weighted by Crippen LogP contribution is 2.40. The van der Waals surface area contributed by atoms with Crippen molar-refractivity contribution in [3.8, 4) is 0 Å². The Morgan fingerprint density at radius 2 is 1.54 bits per heavy atom. The highest BCUT2D eigenvalue weighted by molar-refractivity contribution is 5.76. The molecule has 2 amide bonds. The zero-order chi connectivity index (χ0) is 18.0. The number of nitrogens with one attached hydrogen (secondary N) is 2. The van der Waals surface area contributed by atoms with Gasteiger partial charge < -0.3 is 10.2 Å². The van der Waals surface area contributed by atoms with Gasteiger partial charge in [0.05, 0.1) is 0 Å². The van der Waals surface area contributed by atoms with Crippen molar-refractivity contribution in [3.63, 3.8) is 0 Å². The van der Waals surface area contributed by atoms with Crippen molar-refractivity contribution < 1.29 is 9.59 Å². The fourth-order valence-electron chi connectivity index (χ4n) is 3.60. The van der Waals surface area contributed by atoms with Crippen LogP contribution in [-0.2, 0) is 9.59 Å². The van der Waals surface area contributed by atoms with Crippen molar-refractivity contribution in [2.24, 2.45) is 5.41 Å². The number of carbonyl (C=O) groups excluding carboxylic acids is 2. The first-order chi connectivity index (χ1) is 11.5. The van der Waals surface area contributed by atoms with Gasteiger partial charge in [-0.3, -0.25) is 15.0 Å². The van der Waals surface area contributed by atoms with E-state index in [1.165, 1.54) is 19.8 Å². The molecule has 0 aliphatic carbocycles. The predicted molar refractivity (Wildman–Crippen MR) is 97.4 cm³/mol. The third-order valence-corrected chi connectivity index (χ3v) is 5.26. The minimum Gasteiger partial charge on any atom is -0.356 e. The SMILES string of the molecule is CC.CNN1CCC2(CC1)CCN(C(=O)CCCNC(C)=O)CC2. The normalized spacial score (nSPS) is 20.2. The van der Waals surface area contributed by atoms with E-state index in [2.05, 4.69) is 15.8 Å². The Bertz CT molecular complexity index is 382. The number of carbonyl (C=O) groups is 2. The monoisotopic (exact) mass is 340 g/mol. The molecule has 6 heteroatoms. The van der Waals surface area contributed by atoms with Gasteiger partial charge in [-0.15, -0.1) is 0 Å². The third-order valence-electron chi connectivity index (χ3n) is 5.26. The molecule has 2 fully saturated rings. The number of rotatable bonds is 5. The molecule has 2 rings (SSSR count). The number of likely N-dealkylation sites (tertiary alicyclic amines) is 1. The summed E-state index contributed by atoms with van der Waals surface area (Å²) in [6.07, 6.45) is 6.03. The maximum absolute atomic E-state index is 12.2. The van der Waals surface area contributed by atoms with E-state index in [1.54, 1.807) is 0 Å². The van der Waals surface area contributed by atoms with E-state index in [-0.39, 0.29) is 11.8 Å². The lowest BCUT2D eigenvalue weighted by atomic mass is 9.71. The average Bonchev–Trinajstić information content (AvgIpc) is 2.61. The van der Waals surface area contributed by atoms with Crippen molar-refractivity contribution in [1.29, 1.82) is 0 Å². The highest BCUT2D eigenvalue weighted by Gasteiger charge is 2.38. The standard InChI is InChI=1S/C16H30N4O2.C2H6/c1-14(21)18-9-3-4-15(22)19-10-5-16(6-11-19)7-12-20(17-2)13-8-16;1-2/h17H,3-13H2,1-2H3,(H,18,21);1-2H3. The summed E-state index contributed by atoms with van der Waals surface area (Å²) in [6.45, 7) is 10.1. The maximum atomic E-state index is 12.2. The number of hydrazine groups is 1. The quantitative estimate of drug-likeness (QED) is 0.749. The average molecular weight is 341 g/mol. The van der Waals surface area contributed by atoms with Gasteiger partial charge in [-0.2, -0.15) is 0 Å². The molecule has 24 heavy (non-hydrogen) atoms. The summed E-state index contributed by atoms with van der Waals surface area (Å²) >= 11 is 0. The van der Waals surface area contributed by atoms with E-state index < -0.39 is 0 Å². The van der Waals surface area contributed by atoms with Crippen LogP contribution in [0.25, 0.3) is 0 Å². The van der Waals surface area contributed by atoms with Crippen LogP contribution >= 0.6 is 0 Å². The van der Waals surface area contributed by atoms with Crippen molar-refractivity contribution >= 4 is 11.8 Å². The second kappa shape index (κ2) is 10.7. The van der Waals surface area contributed by atoms with E-state index in [1.807, 2.05) is 25.8 Å². The molecule has 2 heterocycles. The van der Waals surface area contributed by atoms with Crippen molar-refractivity contribution in [2.45, 2.75) is 59.3 Å². The molecule has 140 valence electrons. The molecule has 0 saturated carbocycles. The van der Waals surface area contributed by atoms with Crippen LogP contribution in [0.2, 0.25) is 0 Å². The number of hydrogen-bond donors (Lipinski definition) is 2. The molecule has 2 saturated heterocycles. The van der Waals surface area contributed by atoms with Crippen molar-refractivity contribution in [1.82, 2.24) is 20.7 Å². The second-order valence-electron chi connectivity index (χ2n) is 6.68. The lowest BCUT2D eigenvalue weighted by Crippen LogP contribution is -2.50. The van der Waals surface area contributed by atoms with E-state index in [4.69, 9.17) is 0 Å².